The molecule has 1 aromatic carbocycles. The number of rotatable bonds is 5. The standard InChI is InChI=1S/C13H17NO2.ClH/c1-2-16-13(15)8-7-11-3-5-12(6-4-11)9-10-14;/h3-8H,2,9-10,14H2,1H3;1H. The van der Waals surface area contributed by atoms with Crippen LogP contribution in [0.25, 0.3) is 6.08 Å². The van der Waals surface area contributed by atoms with E-state index in [9.17, 15) is 4.79 Å². The zero-order valence-corrected chi connectivity index (χ0v) is 10.7. The van der Waals surface area contributed by atoms with Crippen LogP contribution in [0.15, 0.2) is 30.3 Å². The van der Waals surface area contributed by atoms with Gasteiger partial charge in [0.05, 0.1) is 6.61 Å². The first kappa shape index (κ1) is 15.7. The number of carbonyl (C=O) groups is 1. The Balaban J connectivity index is 0.00000256. The number of halogens is 1. The molecule has 0 amide bonds. The predicted molar refractivity (Wildman–Crippen MR) is 72.1 cm³/mol. The van der Waals surface area contributed by atoms with Crippen molar-refractivity contribution in [3.05, 3.63) is 41.5 Å². The van der Waals surface area contributed by atoms with Crippen LogP contribution in [0.3, 0.4) is 0 Å². The fraction of sp³-hybridized carbons (Fsp3) is 0.308. The molecule has 0 aromatic heterocycles. The molecule has 0 bridgehead atoms. The Morgan fingerprint density at radius 2 is 2.00 bits per heavy atom. The van der Waals surface area contributed by atoms with Gasteiger partial charge in [0, 0.05) is 6.08 Å². The Kier molecular flexibility index (Phi) is 8.11. The summed E-state index contributed by atoms with van der Waals surface area (Å²) in [6.45, 7) is 2.84. The van der Waals surface area contributed by atoms with Crippen LogP contribution >= 0.6 is 12.4 Å². The minimum atomic E-state index is -0.312. The van der Waals surface area contributed by atoms with Gasteiger partial charge in [-0.2, -0.15) is 0 Å². The number of ether oxygens (including phenoxy) is 1. The van der Waals surface area contributed by atoms with Crippen LogP contribution < -0.4 is 5.73 Å². The summed E-state index contributed by atoms with van der Waals surface area (Å²) in [5.74, 6) is -0.312. The van der Waals surface area contributed by atoms with Crippen molar-refractivity contribution < 1.29 is 9.53 Å². The summed E-state index contributed by atoms with van der Waals surface area (Å²) in [6.07, 6.45) is 4.05. The second kappa shape index (κ2) is 8.79. The van der Waals surface area contributed by atoms with Crippen LogP contribution in [-0.2, 0) is 16.0 Å². The Morgan fingerprint density at radius 1 is 1.35 bits per heavy atom. The molecule has 0 unspecified atom stereocenters. The average Bonchev–Trinajstić information content (AvgIpc) is 2.29. The Labute approximate surface area is 108 Å². The van der Waals surface area contributed by atoms with E-state index in [2.05, 4.69) is 0 Å². The van der Waals surface area contributed by atoms with Gasteiger partial charge in [0.25, 0.3) is 0 Å². The van der Waals surface area contributed by atoms with Crippen molar-refractivity contribution in [1.82, 2.24) is 0 Å². The van der Waals surface area contributed by atoms with E-state index in [-0.39, 0.29) is 18.4 Å². The van der Waals surface area contributed by atoms with E-state index in [1.165, 1.54) is 11.6 Å². The highest BCUT2D eigenvalue weighted by atomic mass is 35.5. The molecule has 0 saturated carbocycles. The van der Waals surface area contributed by atoms with Crippen LogP contribution in [0, 0.1) is 0 Å². The Hall–Kier alpha value is -1.32. The lowest BCUT2D eigenvalue weighted by Crippen LogP contribution is -2.02. The number of hydrogen-bond acceptors (Lipinski definition) is 3. The molecule has 0 radical (unpaired) electrons. The third kappa shape index (κ3) is 6.09. The van der Waals surface area contributed by atoms with E-state index in [0.717, 1.165) is 12.0 Å². The summed E-state index contributed by atoms with van der Waals surface area (Å²) in [7, 11) is 0. The van der Waals surface area contributed by atoms with Crippen molar-refractivity contribution in [3.8, 4) is 0 Å². The number of benzene rings is 1. The third-order valence-electron chi connectivity index (χ3n) is 2.11. The van der Waals surface area contributed by atoms with Gasteiger partial charge >= 0.3 is 5.97 Å². The van der Waals surface area contributed by atoms with Gasteiger partial charge in [0.2, 0.25) is 0 Å². The van der Waals surface area contributed by atoms with Crippen molar-refractivity contribution >= 4 is 24.5 Å². The molecule has 0 aliphatic carbocycles. The van der Waals surface area contributed by atoms with Crippen molar-refractivity contribution in [2.75, 3.05) is 13.2 Å². The first-order chi connectivity index (χ1) is 7.76. The molecule has 0 spiro atoms. The second-order valence-corrected chi connectivity index (χ2v) is 3.37. The van der Waals surface area contributed by atoms with Gasteiger partial charge in [0.15, 0.2) is 0 Å². The van der Waals surface area contributed by atoms with Gasteiger partial charge in [-0.1, -0.05) is 24.3 Å². The van der Waals surface area contributed by atoms with Crippen LogP contribution in [0.4, 0.5) is 0 Å². The first-order valence-corrected chi connectivity index (χ1v) is 5.40. The molecule has 0 aliphatic heterocycles. The molecule has 4 heteroatoms. The maximum absolute atomic E-state index is 11.1. The van der Waals surface area contributed by atoms with Crippen molar-refractivity contribution in [1.29, 1.82) is 0 Å². The molecule has 2 N–H and O–H groups in total. The van der Waals surface area contributed by atoms with Crippen LogP contribution in [0.5, 0.6) is 0 Å². The molecule has 94 valence electrons. The van der Waals surface area contributed by atoms with Crippen molar-refractivity contribution in [2.45, 2.75) is 13.3 Å². The monoisotopic (exact) mass is 255 g/mol. The second-order valence-electron chi connectivity index (χ2n) is 3.37. The molecule has 0 saturated heterocycles. The third-order valence-corrected chi connectivity index (χ3v) is 2.11. The average molecular weight is 256 g/mol. The minimum absolute atomic E-state index is 0. The van der Waals surface area contributed by atoms with Crippen molar-refractivity contribution in [3.63, 3.8) is 0 Å². The first-order valence-electron chi connectivity index (χ1n) is 5.40. The maximum atomic E-state index is 11.1. The molecule has 1 rings (SSSR count). The summed E-state index contributed by atoms with van der Waals surface area (Å²) >= 11 is 0. The number of carbonyl (C=O) groups excluding carboxylic acids is 1. The highest BCUT2D eigenvalue weighted by Crippen LogP contribution is 2.06. The molecule has 0 aliphatic rings. The van der Waals surface area contributed by atoms with Crippen LogP contribution in [-0.4, -0.2) is 19.1 Å². The van der Waals surface area contributed by atoms with E-state index in [0.29, 0.717) is 13.2 Å². The normalized spacial score (nSPS) is 10.0. The highest BCUT2D eigenvalue weighted by Gasteiger charge is 1.94. The van der Waals surface area contributed by atoms with Crippen LogP contribution in [0.2, 0.25) is 0 Å². The fourth-order valence-electron chi connectivity index (χ4n) is 1.32. The molecule has 17 heavy (non-hydrogen) atoms. The molecule has 0 atom stereocenters. The van der Waals surface area contributed by atoms with Gasteiger partial charge in [-0.05, 0) is 37.1 Å². The Bertz CT molecular complexity index is 360. The van der Waals surface area contributed by atoms with Gasteiger partial charge in [0.1, 0.15) is 0 Å². The highest BCUT2D eigenvalue weighted by molar-refractivity contribution is 5.87. The predicted octanol–water partition coefficient (Wildman–Crippen LogP) is 2.19. The van der Waals surface area contributed by atoms with E-state index in [1.54, 1.807) is 13.0 Å². The van der Waals surface area contributed by atoms with E-state index in [1.807, 2.05) is 24.3 Å². The molecule has 3 nitrogen and oxygen atoms in total. The number of nitrogens with two attached hydrogens (primary N) is 1. The smallest absolute Gasteiger partial charge is 0.330 e. The lowest BCUT2D eigenvalue weighted by molar-refractivity contribution is -0.137. The summed E-state index contributed by atoms with van der Waals surface area (Å²) in [4.78, 5) is 11.1. The quantitative estimate of drug-likeness (QED) is 0.648. The SMILES string of the molecule is CCOC(=O)C=Cc1ccc(CCN)cc1.Cl. The van der Waals surface area contributed by atoms with Crippen LogP contribution in [0.1, 0.15) is 18.1 Å². The molecular formula is C13H18ClNO2. The van der Waals surface area contributed by atoms with E-state index < -0.39 is 0 Å². The topological polar surface area (TPSA) is 52.3 Å². The summed E-state index contributed by atoms with van der Waals surface area (Å²) in [6, 6.07) is 7.94. The summed E-state index contributed by atoms with van der Waals surface area (Å²) in [5.41, 5.74) is 7.64. The number of hydrogen-bond donors (Lipinski definition) is 1. The summed E-state index contributed by atoms with van der Waals surface area (Å²) in [5, 5.41) is 0. The fourth-order valence-corrected chi connectivity index (χ4v) is 1.32. The van der Waals surface area contributed by atoms with Gasteiger partial charge < -0.3 is 10.5 Å². The van der Waals surface area contributed by atoms with E-state index in [4.69, 9.17) is 10.5 Å². The van der Waals surface area contributed by atoms with Gasteiger partial charge in [-0.15, -0.1) is 12.4 Å². The molecule has 0 fully saturated rings. The summed E-state index contributed by atoms with van der Waals surface area (Å²) < 4.78 is 4.78. The van der Waals surface area contributed by atoms with Gasteiger partial charge in [-0.25, -0.2) is 4.79 Å². The molecule has 1 aromatic rings. The number of esters is 1. The molecule has 0 heterocycles. The van der Waals surface area contributed by atoms with Crippen molar-refractivity contribution in [2.24, 2.45) is 5.73 Å². The zero-order valence-electron chi connectivity index (χ0n) is 9.89. The maximum Gasteiger partial charge on any atom is 0.330 e. The molecular weight excluding hydrogens is 238 g/mol. The largest absolute Gasteiger partial charge is 0.463 e. The Morgan fingerprint density at radius 3 is 2.53 bits per heavy atom. The minimum Gasteiger partial charge on any atom is -0.463 e. The van der Waals surface area contributed by atoms with Gasteiger partial charge in [-0.3, -0.25) is 0 Å². The zero-order chi connectivity index (χ0) is 11.8. The lowest BCUT2D eigenvalue weighted by Gasteiger charge is -1.99. The van der Waals surface area contributed by atoms with E-state index >= 15 is 0 Å². The lowest BCUT2D eigenvalue weighted by atomic mass is 10.1.